The number of nitrogens with one attached hydrogen (secondary N) is 1. The Morgan fingerprint density at radius 3 is 2.52 bits per heavy atom. The Hall–Kier alpha value is -2.70. The summed E-state index contributed by atoms with van der Waals surface area (Å²) in [5.74, 6) is -0.704. The van der Waals surface area contributed by atoms with Gasteiger partial charge in [0.1, 0.15) is 0 Å². The van der Waals surface area contributed by atoms with Crippen LogP contribution in [0.5, 0.6) is 0 Å². The Morgan fingerprint density at radius 1 is 1.07 bits per heavy atom. The molecule has 4 rings (SSSR count). The number of hydrogen-bond acceptors (Lipinski definition) is 4. The van der Waals surface area contributed by atoms with Crippen LogP contribution in [0.1, 0.15) is 43.6 Å². The molecule has 6 nitrogen and oxygen atoms in total. The zero-order valence-corrected chi connectivity index (χ0v) is 17.1. The molecule has 29 heavy (non-hydrogen) atoms. The first-order chi connectivity index (χ1) is 13.6. The lowest BCUT2D eigenvalue weighted by Crippen LogP contribution is -2.52. The van der Waals surface area contributed by atoms with E-state index in [1.807, 2.05) is 42.2 Å². The van der Waals surface area contributed by atoms with Gasteiger partial charge in [-0.2, -0.15) is 0 Å². The highest BCUT2D eigenvalue weighted by atomic mass is 35.5. The quantitative estimate of drug-likeness (QED) is 0.781. The van der Waals surface area contributed by atoms with E-state index in [4.69, 9.17) is 0 Å². The van der Waals surface area contributed by atoms with Gasteiger partial charge in [-0.15, -0.1) is 12.4 Å². The minimum absolute atomic E-state index is 0. The fourth-order valence-electron chi connectivity index (χ4n) is 3.82. The Morgan fingerprint density at radius 2 is 1.79 bits per heavy atom. The normalized spacial score (nSPS) is 18.4. The van der Waals surface area contributed by atoms with Crippen molar-refractivity contribution in [3.05, 3.63) is 70.8 Å². The highest BCUT2D eigenvalue weighted by Crippen LogP contribution is 2.25. The minimum atomic E-state index is -0.320. The van der Waals surface area contributed by atoms with Crippen LogP contribution in [0.25, 0.3) is 0 Å². The number of nitrogens with zero attached hydrogens (tertiary/aromatic N) is 2. The Labute approximate surface area is 176 Å². The number of fused-ring (bicyclic) bond motifs is 1. The van der Waals surface area contributed by atoms with Crippen LogP contribution >= 0.6 is 12.4 Å². The number of imide groups is 1. The van der Waals surface area contributed by atoms with E-state index in [0.717, 1.165) is 18.7 Å². The molecule has 2 heterocycles. The summed E-state index contributed by atoms with van der Waals surface area (Å²) in [5, 5.41) is 3.26. The van der Waals surface area contributed by atoms with Gasteiger partial charge in [-0.3, -0.25) is 19.3 Å². The first kappa shape index (κ1) is 21.0. The molecule has 0 aromatic heterocycles. The molecule has 1 saturated heterocycles. The lowest BCUT2D eigenvalue weighted by Gasteiger charge is -2.34. The van der Waals surface area contributed by atoms with Crippen molar-refractivity contribution < 1.29 is 14.4 Å². The second-order valence-electron chi connectivity index (χ2n) is 7.31. The largest absolute Gasteiger partial charge is 0.333 e. The van der Waals surface area contributed by atoms with Crippen molar-refractivity contribution in [2.75, 3.05) is 26.2 Å². The molecule has 2 aliphatic rings. The predicted molar refractivity (Wildman–Crippen MR) is 113 cm³/mol. The van der Waals surface area contributed by atoms with Crippen LogP contribution in [0, 0.1) is 0 Å². The van der Waals surface area contributed by atoms with Crippen molar-refractivity contribution in [3.8, 4) is 0 Å². The van der Waals surface area contributed by atoms with Gasteiger partial charge in [0, 0.05) is 37.8 Å². The first-order valence-corrected chi connectivity index (χ1v) is 9.62. The first-order valence-electron chi connectivity index (χ1n) is 9.62. The van der Waals surface area contributed by atoms with E-state index in [1.165, 1.54) is 4.90 Å². The Balaban J connectivity index is 0.00000240. The van der Waals surface area contributed by atoms with Crippen LogP contribution < -0.4 is 5.32 Å². The molecular formula is C22H24ClN3O3. The van der Waals surface area contributed by atoms with Gasteiger partial charge in [-0.05, 0) is 37.1 Å². The average molecular weight is 414 g/mol. The summed E-state index contributed by atoms with van der Waals surface area (Å²) >= 11 is 0. The van der Waals surface area contributed by atoms with Gasteiger partial charge in [-0.1, -0.05) is 30.3 Å². The van der Waals surface area contributed by atoms with E-state index in [1.54, 1.807) is 18.2 Å². The lowest BCUT2D eigenvalue weighted by molar-refractivity contribution is 0.0648. The number of carbonyl (C=O) groups is 3. The van der Waals surface area contributed by atoms with E-state index < -0.39 is 0 Å². The molecule has 7 heteroatoms. The van der Waals surface area contributed by atoms with Gasteiger partial charge in [-0.25, -0.2) is 0 Å². The molecule has 152 valence electrons. The maximum absolute atomic E-state index is 12.9. The highest BCUT2D eigenvalue weighted by molar-refractivity contribution is 6.22. The molecule has 2 aromatic rings. The smallest absolute Gasteiger partial charge is 0.261 e. The summed E-state index contributed by atoms with van der Waals surface area (Å²) in [7, 11) is 0. The van der Waals surface area contributed by atoms with Crippen LogP contribution in [0.3, 0.4) is 0 Å². The van der Waals surface area contributed by atoms with Crippen molar-refractivity contribution in [2.45, 2.75) is 19.4 Å². The van der Waals surface area contributed by atoms with Crippen molar-refractivity contribution in [1.82, 2.24) is 15.1 Å². The Kier molecular flexibility index (Phi) is 6.35. The van der Waals surface area contributed by atoms with Crippen molar-refractivity contribution in [3.63, 3.8) is 0 Å². The SMILES string of the molecule is C[C@H]1CNCCN1C(=O)c1ccc2c(c1)C(=O)N(CCc1ccccc1)C2=O.Cl. The number of piperazine rings is 1. The van der Waals surface area contributed by atoms with Crippen LogP contribution in [0.2, 0.25) is 0 Å². The van der Waals surface area contributed by atoms with Gasteiger partial charge in [0.15, 0.2) is 0 Å². The Bertz CT molecular complexity index is 932. The maximum Gasteiger partial charge on any atom is 0.261 e. The van der Waals surface area contributed by atoms with Crippen molar-refractivity contribution >= 4 is 30.1 Å². The van der Waals surface area contributed by atoms with Gasteiger partial charge in [0.2, 0.25) is 0 Å². The van der Waals surface area contributed by atoms with Crippen molar-refractivity contribution in [2.24, 2.45) is 0 Å². The number of rotatable bonds is 4. The summed E-state index contributed by atoms with van der Waals surface area (Å²) in [6, 6.07) is 14.7. The predicted octanol–water partition coefficient (Wildman–Crippen LogP) is 2.38. The number of benzene rings is 2. The third-order valence-electron chi connectivity index (χ3n) is 5.45. The molecular weight excluding hydrogens is 390 g/mol. The van der Waals surface area contributed by atoms with E-state index in [2.05, 4.69) is 5.32 Å². The molecule has 0 aliphatic carbocycles. The van der Waals surface area contributed by atoms with Crippen LogP contribution in [-0.2, 0) is 6.42 Å². The fraction of sp³-hybridized carbons (Fsp3) is 0.318. The minimum Gasteiger partial charge on any atom is -0.333 e. The summed E-state index contributed by atoms with van der Waals surface area (Å²) in [5.41, 5.74) is 2.23. The molecule has 2 aliphatic heterocycles. The molecule has 0 spiro atoms. The lowest BCUT2D eigenvalue weighted by atomic mass is 10.0. The maximum atomic E-state index is 12.9. The molecule has 1 atom stereocenters. The number of halogens is 1. The average Bonchev–Trinajstić information content (AvgIpc) is 2.96. The van der Waals surface area contributed by atoms with Crippen LogP contribution in [0.4, 0.5) is 0 Å². The van der Waals surface area contributed by atoms with Gasteiger partial charge >= 0.3 is 0 Å². The second-order valence-corrected chi connectivity index (χ2v) is 7.31. The summed E-state index contributed by atoms with van der Waals surface area (Å²) in [6.07, 6.45) is 0.608. The summed E-state index contributed by atoms with van der Waals surface area (Å²) < 4.78 is 0. The third kappa shape index (κ3) is 4.04. The number of amides is 3. The standard InChI is InChI=1S/C22H23N3O3.ClH/c1-15-14-23-10-12-24(15)20(26)17-7-8-18-19(13-17)22(28)25(21(18)27)11-9-16-5-3-2-4-6-16;/h2-8,13,15,23H,9-12,14H2,1H3;1H/t15-;/m0./s1. The van der Waals surface area contributed by atoms with Crippen LogP contribution in [-0.4, -0.2) is 59.7 Å². The fourth-order valence-corrected chi connectivity index (χ4v) is 3.82. The summed E-state index contributed by atoms with van der Waals surface area (Å²) in [6.45, 7) is 4.46. The zero-order valence-electron chi connectivity index (χ0n) is 16.3. The molecule has 1 N–H and O–H groups in total. The van der Waals surface area contributed by atoms with E-state index in [-0.39, 0.29) is 36.2 Å². The third-order valence-corrected chi connectivity index (χ3v) is 5.45. The molecule has 0 bridgehead atoms. The zero-order chi connectivity index (χ0) is 19.7. The number of hydrogen-bond donors (Lipinski definition) is 1. The topological polar surface area (TPSA) is 69.7 Å². The van der Waals surface area contributed by atoms with Crippen molar-refractivity contribution in [1.29, 1.82) is 0 Å². The van der Waals surface area contributed by atoms with E-state index in [0.29, 0.717) is 36.2 Å². The molecule has 2 aromatic carbocycles. The molecule has 0 saturated carbocycles. The summed E-state index contributed by atoms with van der Waals surface area (Å²) in [4.78, 5) is 41.4. The van der Waals surface area contributed by atoms with Gasteiger partial charge in [0.05, 0.1) is 11.1 Å². The highest BCUT2D eigenvalue weighted by Gasteiger charge is 2.36. The molecule has 0 unspecified atom stereocenters. The van der Waals surface area contributed by atoms with Crippen LogP contribution in [0.15, 0.2) is 48.5 Å². The van der Waals surface area contributed by atoms with Gasteiger partial charge < -0.3 is 10.2 Å². The van der Waals surface area contributed by atoms with Gasteiger partial charge in [0.25, 0.3) is 17.7 Å². The second kappa shape index (κ2) is 8.76. The molecule has 1 fully saturated rings. The van der Waals surface area contributed by atoms with E-state index >= 15 is 0 Å². The number of carbonyl (C=O) groups excluding carboxylic acids is 3. The van der Waals surface area contributed by atoms with E-state index in [9.17, 15) is 14.4 Å². The monoisotopic (exact) mass is 413 g/mol. The molecule has 3 amide bonds. The molecule has 0 radical (unpaired) electrons.